The monoisotopic (exact) mass is 346 g/mol. The summed E-state index contributed by atoms with van der Waals surface area (Å²) in [5.41, 5.74) is 1.56. The van der Waals surface area contributed by atoms with Gasteiger partial charge in [-0.25, -0.2) is 9.18 Å². The Labute approximate surface area is 146 Å². The fourth-order valence-corrected chi connectivity index (χ4v) is 3.14. The van der Waals surface area contributed by atoms with Crippen molar-refractivity contribution in [1.29, 1.82) is 0 Å². The lowest BCUT2D eigenvalue weighted by Crippen LogP contribution is -2.42. The van der Waals surface area contributed by atoms with Crippen LogP contribution in [0.15, 0.2) is 30.6 Å². The molecule has 1 aliphatic heterocycles. The number of amides is 2. The molecule has 25 heavy (non-hydrogen) atoms. The van der Waals surface area contributed by atoms with Gasteiger partial charge in [0.05, 0.1) is 12.7 Å². The van der Waals surface area contributed by atoms with E-state index in [1.165, 1.54) is 6.07 Å². The highest BCUT2D eigenvalue weighted by Gasteiger charge is 2.38. The van der Waals surface area contributed by atoms with Crippen molar-refractivity contribution in [1.82, 2.24) is 15.1 Å². The Morgan fingerprint density at radius 3 is 2.96 bits per heavy atom. The first-order chi connectivity index (χ1) is 12.0. The molecule has 0 spiro atoms. The van der Waals surface area contributed by atoms with Gasteiger partial charge in [0, 0.05) is 31.1 Å². The summed E-state index contributed by atoms with van der Waals surface area (Å²) in [6, 6.07) is 4.23. The van der Waals surface area contributed by atoms with Crippen molar-refractivity contribution < 1.29 is 13.9 Å². The van der Waals surface area contributed by atoms with Crippen LogP contribution in [-0.2, 0) is 23.8 Å². The Kier molecular flexibility index (Phi) is 5.03. The third-order valence-electron chi connectivity index (χ3n) is 4.55. The summed E-state index contributed by atoms with van der Waals surface area (Å²) in [6.45, 7) is 2.89. The quantitative estimate of drug-likeness (QED) is 0.875. The molecule has 1 fully saturated rings. The van der Waals surface area contributed by atoms with Crippen LogP contribution in [0.5, 0.6) is 0 Å². The maximum Gasteiger partial charge on any atom is 0.319 e. The maximum absolute atomic E-state index is 13.5. The predicted octanol–water partition coefficient (Wildman–Crippen LogP) is 2.95. The van der Waals surface area contributed by atoms with E-state index >= 15 is 0 Å². The second kappa shape index (κ2) is 7.23. The number of ether oxygens (including phenoxy) is 1. The number of hydrogen-bond acceptors (Lipinski definition) is 3. The topological polar surface area (TPSA) is 68.2 Å². The molecular weight excluding hydrogens is 323 g/mol. The van der Waals surface area contributed by atoms with Gasteiger partial charge in [0.1, 0.15) is 11.4 Å². The van der Waals surface area contributed by atoms with Crippen LogP contribution in [0.2, 0.25) is 0 Å². The Bertz CT molecular complexity index is 753. The van der Waals surface area contributed by atoms with Crippen LogP contribution in [0.25, 0.3) is 0 Å². The average Bonchev–Trinajstić information content (AvgIpc) is 3.24. The Balaban J connectivity index is 1.64. The number of halogens is 1. The van der Waals surface area contributed by atoms with Crippen molar-refractivity contribution in [3.8, 4) is 0 Å². The van der Waals surface area contributed by atoms with E-state index in [0.29, 0.717) is 30.8 Å². The lowest BCUT2D eigenvalue weighted by atomic mass is 9.93. The molecule has 0 bridgehead atoms. The van der Waals surface area contributed by atoms with Gasteiger partial charge in [-0.3, -0.25) is 4.68 Å². The predicted molar refractivity (Wildman–Crippen MR) is 92.9 cm³/mol. The second-order valence-electron chi connectivity index (χ2n) is 6.32. The van der Waals surface area contributed by atoms with Crippen molar-refractivity contribution in [2.75, 3.05) is 18.5 Å². The highest BCUT2D eigenvalue weighted by Crippen LogP contribution is 2.35. The number of carbonyl (C=O) groups excluding carboxylic acids is 1. The zero-order valence-electron chi connectivity index (χ0n) is 14.5. The number of anilines is 1. The number of nitrogens with one attached hydrogen (secondary N) is 2. The summed E-state index contributed by atoms with van der Waals surface area (Å²) in [5.74, 6) is -0.261. The van der Waals surface area contributed by atoms with Gasteiger partial charge in [0.25, 0.3) is 0 Å². The fourth-order valence-electron chi connectivity index (χ4n) is 3.14. The first-order valence-corrected chi connectivity index (χ1v) is 8.49. The van der Waals surface area contributed by atoms with Crippen molar-refractivity contribution in [3.05, 3.63) is 47.5 Å². The first kappa shape index (κ1) is 17.4. The minimum Gasteiger partial charge on any atom is -0.368 e. The highest BCUT2D eigenvalue weighted by molar-refractivity contribution is 5.89. The summed E-state index contributed by atoms with van der Waals surface area (Å²) in [4.78, 5) is 12.2. The number of benzene rings is 1. The molecule has 2 aromatic rings. The van der Waals surface area contributed by atoms with E-state index < -0.39 is 5.60 Å². The van der Waals surface area contributed by atoms with Crippen LogP contribution >= 0.6 is 0 Å². The molecule has 1 aliphatic rings. The summed E-state index contributed by atoms with van der Waals surface area (Å²) >= 11 is 0. The number of rotatable bonds is 5. The molecule has 0 radical (unpaired) electrons. The normalized spacial score (nSPS) is 19.8. The highest BCUT2D eigenvalue weighted by atomic mass is 19.1. The zero-order chi connectivity index (χ0) is 17.9. The molecule has 1 aromatic heterocycles. The standard InChI is InChI=1S/C18H23FN4O2/c1-3-13-9-15(5-6-16(13)19)22-17(24)20-12-18(7-4-8-25-18)14-10-21-23(2)11-14/h5-6,9-11H,3-4,7-8,12H2,1-2H3,(H2,20,22,24). The van der Waals surface area contributed by atoms with Crippen LogP contribution in [-0.4, -0.2) is 29.0 Å². The number of nitrogens with zero attached hydrogens (tertiary/aromatic N) is 2. The minimum absolute atomic E-state index is 0.261. The first-order valence-electron chi connectivity index (χ1n) is 8.49. The zero-order valence-corrected chi connectivity index (χ0v) is 14.5. The summed E-state index contributed by atoms with van der Waals surface area (Å²) in [5, 5.41) is 9.82. The molecule has 2 N–H and O–H groups in total. The van der Waals surface area contributed by atoms with Gasteiger partial charge in [0.2, 0.25) is 0 Å². The Morgan fingerprint density at radius 2 is 2.32 bits per heavy atom. The van der Waals surface area contributed by atoms with Gasteiger partial charge in [-0.2, -0.15) is 5.10 Å². The number of carbonyl (C=O) groups is 1. The van der Waals surface area contributed by atoms with Crippen molar-refractivity contribution in [2.45, 2.75) is 31.8 Å². The van der Waals surface area contributed by atoms with Crippen LogP contribution in [0.3, 0.4) is 0 Å². The average molecular weight is 346 g/mol. The summed E-state index contributed by atoms with van der Waals surface area (Å²) in [7, 11) is 1.85. The fraction of sp³-hybridized carbons (Fsp3) is 0.444. The van der Waals surface area contributed by atoms with E-state index in [9.17, 15) is 9.18 Å². The lowest BCUT2D eigenvalue weighted by Gasteiger charge is -2.27. The van der Waals surface area contributed by atoms with Gasteiger partial charge in [-0.15, -0.1) is 0 Å². The molecule has 7 heteroatoms. The number of aryl methyl sites for hydroxylation is 2. The number of hydrogen-bond donors (Lipinski definition) is 2. The van der Waals surface area contributed by atoms with Crippen molar-refractivity contribution in [2.24, 2.45) is 7.05 Å². The minimum atomic E-state index is -0.539. The van der Waals surface area contributed by atoms with Crippen LogP contribution in [0, 0.1) is 5.82 Å². The Hall–Kier alpha value is -2.41. The molecule has 134 valence electrons. The largest absolute Gasteiger partial charge is 0.368 e. The molecule has 1 atom stereocenters. The van der Waals surface area contributed by atoms with E-state index in [-0.39, 0.29) is 11.8 Å². The molecule has 0 aliphatic carbocycles. The van der Waals surface area contributed by atoms with Gasteiger partial charge in [-0.1, -0.05) is 6.92 Å². The molecule has 6 nitrogen and oxygen atoms in total. The van der Waals surface area contributed by atoms with Crippen molar-refractivity contribution >= 4 is 11.7 Å². The van der Waals surface area contributed by atoms with Gasteiger partial charge < -0.3 is 15.4 Å². The van der Waals surface area contributed by atoms with Gasteiger partial charge >= 0.3 is 6.03 Å². The smallest absolute Gasteiger partial charge is 0.319 e. The molecule has 1 unspecified atom stereocenters. The van der Waals surface area contributed by atoms with E-state index in [1.807, 2.05) is 20.2 Å². The molecule has 3 rings (SSSR count). The van der Waals surface area contributed by atoms with E-state index in [4.69, 9.17) is 4.74 Å². The lowest BCUT2D eigenvalue weighted by molar-refractivity contribution is 0.00324. The van der Waals surface area contributed by atoms with E-state index in [1.54, 1.807) is 23.0 Å². The number of aromatic nitrogens is 2. The third kappa shape index (κ3) is 3.82. The third-order valence-corrected chi connectivity index (χ3v) is 4.55. The van der Waals surface area contributed by atoms with E-state index in [0.717, 1.165) is 18.4 Å². The molecular formula is C18H23FN4O2. The van der Waals surface area contributed by atoms with E-state index in [2.05, 4.69) is 15.7 Å². The van der Waals surface area contributed by atoms with Crippen LogP contribution < -0.4 is 10.6 Å². The molecule has 2 heterocycles. The molecule has 2 amide bonds. The summed E-state index contributed by atoms with van der Waals surface area (Å²) < 4.78 is 21.2. The second-order valence-corrected chi connectivity index (χ2v) is 6.32. The van der Waals surface area contributed by atoms with Gasteiger partial charge in [0.15, 0.2) is 0 Å². The number of urea groups is 1. The molecule has 1 saturated heterocycles. The maximum atomic E-state index is 13.5. The van der Waals surface area contributed by atoms with Crippen molar-refractivity contribution in [3.63, 3.8) is 0 Å². The van der Waals surface area contributed by atoms with Crippen LogP contribution in [0.1, 0.15) is 30.9 Å². The molecule has 0 saturated carbocycles. The Morgan fingerprint density at radius 1 is 1.48 bits per heavy atom. The SMILES string of the molecule is CCc1cc(NC(=O)NCC2(c3cnn(C)c3)CCCO2)ccc1F. The summed E-state index contributed by atoms with van der Waals surface area (Å²) in [6.07, 6.45) is 6.03. The molecule has 1 aromatic carbocycles. The van der Waals surface area contributed by atoms with Gasteiger partial charge in [-0.05, 0) is 43.0 Å². The van der Waals surface area contributed by atoms with Crippen LogP contribution in [0.4, 0.5) is 14.9 Å².